The molecule has 1 N–H and O–H groups in total. The molecule has 1 nitrogen and oxygen atoms in total. The second-order valence-electron chi connectivity index (χ2n) is 4.53. The summed E-state index contributed by atoms with van der Waals surface area (Å²) in [5.41, 5.74) is 1.48. The molecule has 0 radical (unpaired) electrons. The van der Waals surface area contributed by atoms with Gasteiger partial charge in [-0.3, -0.25) is 0 Å². The van der Waals surface area contributed by atoms with Gasteiger partial charge in [-0.1, -0.05) is 49.1 Å². The minimum atomic E-state index is -1.10. The number of benzene rings is 1. The van der Waals surface area contributed by atoms with E-state index in [9.17, 15) is 0 Å². The molecule has 0 heterocycles. The van der Waals surface area contributed by atoms with Crippen LogP contribution in [0.2, 0.25) is 19.6 Å². The number of nitrogens with one attached hydrogen (secondary N) is 1. The first-order chi connectivity index (χ1) is 5.99. The molecule has 0 atom stereocenters. The third-order valence-corrected chi connectivity index (χ3v) is 4.28. The van der Waals surface area contributed by atoms with Crippen LogP contribution in [0.4, 0.5) is 0 Å². The van der Waals surface area contributed by atoms with Crippen molar-refractivity contribution in [1.29, 1.82) is 0 Å². The maximum Gasteiger partial charge on any atom is 0.116 e. The van der Waals surface area contributed by atoms with E-state index < -0.39 is 8.24 Å². The minimum absolute atomic E-state index is 1.05. The van der Waals surface area contributed by atoms with Crippen LogP contribution in [-0.2, 0) is 6.54 Å². The second-order valence-corrected chi connectivity index (χ2v) is 10.5. The van der Waals surface area contributed by atoms with Gasteiger partial charge >= 0.3 is 0 Å². The Labute approximate surface area is 85.1 Å². The second kappa shape index (κ2) is 4.22. The smallest absolute Gasteiger partial charge is 0.116 e. The zero-order chi connectivity index (χ0) is 9.90. The average molecular weight is 209 g/mol. The lowest BCUT2D eigenvalue weighted by Gasteiger charge is -2.18. The van der Waals surface area contributed by atoms with Crippen LogP contribution in [-0.4, -0.2) is 18.5 Å². The summed E-state index contributed by atoms with van der Waals surface area (Å²) in [5.74, 6) is 0. The van der Waals surface area contributed by atoms with Gasteiger partial charge < -0.3 is 4.98 Å². The molecular formula is C10H19NSi2. The highest BCUT2D eigenvalue weighted by Crippen LogP contribution is 1.99. The van der Waals surface area contributed by atoms with Crippen LogP contribution in [0.25, 0.3) is 0 Å². The molecule has 0 aromatic heterocycles. The molecule has 0 saturated heterocycles. The maximum atomic E-state index is 3.64. The van der Waals surface area contributed by atoms with E-state index in [1.807, 2.05) is 0 Å². The lowest BCUT2D eigenvalue weighted by atomic mass is 10.2. The first-order valence-electron chi connectivity index (χ1n) is 4.78. The summed E-state index contributed by atoms with van der Waals surface area (Å²) < 4.78 is 0. The van der Waals surface area contributed by atoms with Gasteiger partial charge in [-0.25, -0.2) is 0 Å². The molecule has 0 fully saturated rings. The molecule has 0 aliphatic carbocycles. The van der Waals surface area contributed by atoms with Crippen molar-refractivity contribution in [2.45, 2.75) is 26.2 Å². The van der Waals surface area contributed by atoms with Gasteiger partial charge in [0, 0.05) is 16.8 Å². The van der Waals surface area contributed by atoms with E-state index in [4.69, 9.17) is 0 Å². The zero-order valence-electron chi connectivity index (χ0n) is 9.02. The normalized spacial score (nSPS) is 11.9. The van der Waals surface area contributed by atoms with Gasteiger partial charge in [-0.15, -0.1) is 0 Å². The Morgan fingerprint density at radius 1 is 1.23 bits per heavy atom. The van der Waals surface area contributed by atoms with E-state index in [0.29, 0.717) is 0 Å². The predicted molar refractivity (Wildman–Crippen MR) is 66.2 cm³/mol. The topological polar surface area (TPSA) is 12.0 Å². The third-order valence-electron chi connectivity index (χ3n) is 2.07. The number of rotatable bonds is 3. The van der Waals surface area contributed by atoms with Crippen LogP contribution >= 0.6 is 0 Å². The minimum Gasteiger partial charge on any atom is -0.334 e. The fraction of sp³-hybridized carbons (Fsp3) is 0.400. The van der Waals surface area contributed by atoms with Gasteiger partial charge in [0.1, 0.15) is 8.24 Å². The number of hydrogen-bond donors (Lipinski definition) is 1. The highest BCUT2D eigenvalue weighted by atomic mass is 28.3. The van der Waals surface area contributed by atoms with Crippen molar-refractivity contribution in [1.82, 2.24) is 4.98 Å². The number of hydrogen-bond acceptors (Lipinski definition) is 1. The molecule has 0 unspecified atom stereocenters. The van der Waals surface area contributed by atoms with Crippen molar-refractivity contribution in [2.24, 2.45) is 0 Å². The molecule has 1 rings (SSSR count). The van der Waals surface area contributed by atoms with Crippen molar-refractivity contribution < 1.29 is 0 Å². The molecule has 0 aliphatic rings. The van der Waals surface area contributed by atoms with Crippen LogP contribution in [0.3, 0.4) is 0 Å². The summed E-state index contributed by atoms with van der Waals surface area (Å²) in [4.78, 5) is 3.64. The Morgan fingerprint density at radius 2 is 1.85 bits per heavy atom. The highest BCUT2D eigenvalue weighted by molar-refractivity contribution is 6.73. The molecular weight excluding hydrogens is 190 g/mol. The summed E-state index contributed by atoms with van der Waals surface area (Å²) in [5, 5.41) is 1.52. The molecule has 0 bridgehead atoms. The molecule has 3 heteroatoms. The first-order valence-corrected chi connectivity index (χ1v) is 9.28. The molecule has 72 valence electrons. The third kappa shape index (κ3) is 3.89. The molecule has 0 saturated carbocycles. The van der Waals surface area contributed by atoms with Crippen LogP contribution in [0.1, 0.15) is 5.56 Å². The highest BCUT2D eigenvalue weighted by Gasteiger charge is 2.11. The van der Waals surface area contributed by atoms with Gasteiger partial charge in [-0.2, -0.15) is 0 Å². The van der Waals surface area contributed by atoms with Crippen molar-refractivity contribution in [3.05, 3.63) is 29.8 Å². The monoisotopic (exact) mass is 209 g/mol. The van der Waals surface area contributed by atoms with Crippen molar-refractivity contribution in [3.8, 4) is 0 Å². The van der Waals surface area contributed by atoms with Gasteiger partial charge in [0.15, 0.2) is 0 Å². The predicted octanol–water partition coefficient (Wildman–Crippen LogP) is 0.602. The van der Waals surface area contributed by atoms with Crippen LogP contribution in [0, 0.1) is 0 Å². The summed E-state index contributed by atoms with van der Waals surface area (Å²) in [6.45, 7) is 8.06. The molecule has 0 amide bonds. The van der Waals surface area contributed by atoms with Crippen molar-refractivity contribution in [2.75, 3.05) is 0 Å². The average Bonchev–Trinajstić information content (AvgIpc) is 2.01. The van der Waals surface area contributed by atoms with Crippen molar-refractivity contribution >= 4 is 23.7 Å². The van der Waals surface area contributed by atoms with E-state index in [-0.39, 0.29) is 0 Å². The van der Waals surface area contributed by atoms with Gasteiger partial charge in [0.05, 0.1) is 0 Å². The fourth-order valence-corrected chi connectivity index (χ4v) is 2.43. The lowest BCUT2D eigenvalue weighted by Crippen LogP contribution is -2.41. The largest absolute Gasteiger partial charge is 0.334 e. The molecule has 0 aliphatic heterocycles. The van der Waals surface area contributed by atoms with Gasteiger partial charge in [0.25, 0.3) is 0 Å². The first kappa shape index (κ1) is 10.7. The standard InChI is InChI=1S/C10H19NSi2/c1-13(2,3)11-8-9-6-4-5-7-10(9)12/h4-7,11H,8H2,1-3,12H3. The van der Waals surface area contributed by atoms with Crippen LogP contribution < -0.4 is 10.2 Å². The lowest BCUT2D eigenvalue weighted by molar-refractivity contribution is 0.921. The zero-order valence-corrected chi connectivity index (χ0v) is 12.0. The van der Waals surface area contributed by atoms with E-state index in [1.54, 1.807) is 0 Å². The maximum absolute atomic E-state index is 3.64. The Kier molecular flexibility index (Phi) is 3.47. The fourth-order valence-electron chi connectivity index (χ4n) is 1.17. The molecule has 1 aromatic rings. The molecule has 13 heavy (non-hydrogen) atoms. The van der Waals surface area contributed by atoms with E-state index >= 15 is 0 Å². The van der Waals surface area contributed by atoms with Crippen molar-refractivity contribution in [3.63, 3.8) is 0 Å². The molecule has 0 spiro atoms. The van der Waals surface area contributed by atoms with Gasteiger partial charge in [-0.05, 0) is 5.56 Å². The summed E-state index contributed by atoms with van der Waals surface area (Å²) >= 11 is 0. The van der Waals surface area contributed by atoms with Crippen LogP contribution in [0.15, 0.2) is 24.3 Å². The molecule has 1 aromatic carbocycles. The Hall–Kier alpha value is -0.386. The Morgan fingerprint density at radius 3 is 2.38 bits per heavy atom. The van der Waals surface area contributed by atoms with E-state index in [2.05, 4.69) is 48.9 Å². The quantitative estimate of drug-likeness (QED) is 0.719. The summed E-state index contributed by atoms with van der Waals surface area (Å²) in [7, 11) is 0.0544. The van der Waals surface area contributed by atoms with Gasteiger partial charge in [0.2, 0.25) is 0 Å². The van der Waals surface area contributed by atoms with Crippen LogP contribution in [0.5, 0.6) is 0 Å². The Balaban J connectivity index is 2.60. The summed E-state index contributed by atoms with van der Waals surface area (Å²) in [6.07, 6.45) is 0. The van der Waals surface area contributed by atoms with E-state index in [1.165, 1.54) is 10.8 Å². The Bertz CT molecular complexity index is 278. The summed E-state index contributed by atoms with van der Waals surface area (Å²) in [6, 6.07) is 8.71. The van der Waals surface area contributed by atoms with E-state index in [0.717, 1.165) is 16.8 Å². The SMILES string of the molecule is C[Si](C)(C)NCc1ccccc1[SiH3].